The molecule has 4 aromatic heterocycles. The van der Waals surface area contributed by atoms with Crippen LogP contribution in [0.5, 0.6) is 0 Å². The number of rotatable bonds is 3. The summed E-state index contributed by atoms with van der Waals surface area (Å²) in [6.07, 6.45) is 7.17. The minimum Gasteiger partial charge on any atom is -0.340 e. The van der Waals surface area contributed by atoms with E-state index in [2.05, 4.69) is 25.6 Å². The number of aromatic amines is 1. The highest BCUT2D eigenvalue weighted by Gasteiger charge is 2.14. The van der Waals surface area contributed by atoms with Gasteiger partial charge < -0.3 is 15.6 Å². The summed E-state index contributed by atoms with van der Waals surface area (Å²) in [5.74, 6) is 0.577. The maximum absolute atomic E-state index is 11.3. The Balaban J connectivity index is 1.69. The van der Waals surface area contributed by atoms with Crippen molar-refractivity contribution in [3.63, 3.8) is 0 Å². The van der Waals surface area contributed by atoms with E-state index in [1.165, 1.54) is 6.92 Å². The number of nitrogens with zero attached hydrogens (tertiary/aromatic N) is 3. The number of carbonyl (C=O) groups excluding carboxylic acids is 1. The van der Waals surface area contributed by atoms with E-state index in [4.69, 9.17) is 4.98 Å². The van der Waals surface area contributed by atoms with Crippen molar-refractivity contribution >= 4 is 55.8 Å². The van der Waals surface area contributed by atoms with Gasteiger partial charge in [-0.15, -0.1) is 0 Å². The lowest BCUT2D eigenvalue weighted by Gasteiger charge is -2.11. The van der Waals surface area contributed by atoms with Gasteiger partial charge in [0.25, 0.3) is 0 Å². The summed E-state index contributed by atoms with van der Waals surface area (Å²) in [6, 6.07) is 11.5. The number of H-pyrrole nitrogens is 1. The third-order valence-electron chi connectivity index (χ3n) is 4.60. The summed E-state index contributed by atoms with van der Waals surface area (Å²) < 4.78 is 0. The molecule has 5 rings (SSSR count). The highest BCUT2D eigenvalue weighted by Crippen LogP contribution is 2.34. The van der Waals surface area contributed by atoms with Crippen LogP contribution >= 0.6 is 0 Å². The second-order valence-corrected chi connectivity index (χ2v) is 6.54. The van der Waals surface area contributed by atoms with Gasteiger partial charge in [-0.25, -0.2) is 4.98 Å². The molecule has 136 valence electrons. The Morgan fingerprint density at radius 1 is 0.964 bits per heavy atom. The first-order chi connectivity index (χ1) is 13.7. The van der Waals surface area contributed by atoms with E-state index in [0.29, 0.717) is 5.82 Å². The van der Waals surface area contributed by atoms with Crippen LogP contribution in [0.2, 0.25) is 0 Å². The number of hydrogen-bond acceptors (Lipinski definition) is 5. The lowest BCUT2D eigenvalue weighted by Crippen LogP contribution is -2.06. The van der Waals surface area contributed by atoms with Crippen molar-refractivity contribution < 1.29 is 4.79 Å². The van der Waals surface area contributed by atoms with Gasteiger partial charge in [-0.2, -0.15) is 0 Å². The first kappa shape index (κ1) is 16.2. The summed E-state index contributed by atoms with van der Waals surface area (Å²) in [5.41, 5.74) is 3.26. The van der Waals surface area contributed by atoms with Crippen LogP contribution in [-0.2, 0) is 4.79 Å². The summed E-state index contributed by atoms with van der Waals surface area (Å²) in [7, 11) is 0. The molecule has 0 saturated carbocycles. The van der Waals surface area contributed by atoms with Gasteiger partial charge in [0.05, 0.1) is 11.7 Å². The largest absolute Gasteiger partial charge is 0.340 e. The quantitative estimate of drug-likeness (QED) is 0.440. The molecular weight excluding hydrogens is 352 g/mol. The minimum absolute atomic E-state index is 0.113. The Hall–Kier alpha value is -4.00. The smallest absolute Gasteiger partial charge is 0.221 e. The maximum atomic E-state index is 11.3. The molecule has 0 atom stereocenters. The van der Waals surface area contributed by atoms with Gasteiger partial charge in [0.1, 0.15) is 11.5 Å². The number of amides is 1. The van der Waals surface area contributed by atoms with Crippen molar-refractivity contribution in [1.29, 1.82) is 0 Å². The average Bonchev–Trinajstić information content (AvgIpc) is 3.06. The van der Waals surface area contributed by atoms with Crippen LogP contribution in [-0.4, -0.2) is 25.8 Å². The molecule has 0 bridgehead atoms. The Labute approximate surface area is 159 Å². The number of hydrogen-bond donors (Lipinski definition) is 3. The molecule has 1 amide bonds. The van der Waals surface area contributed by atoms with Gasteiger partial charge in [0, 0.05) is 58.4 Å². The Bertz CT molecular complexity index is 1360. The van der Waals surface area contributed by atoms with Gasteiger partial charge >= 0.3 is 0 Å². The lowest BCUT2D eigenvalue weighted by molar-refractivity contribution is -0.114. The van der Waals surface area contributed by atoms with Gasteiger partial charge in [-0.05, 0) is 30.3 Å². The second-order valence-electron chi connectivity index (χ2n) is 6.54. The number of carbonyl (C=O) groups is 1. The topological polar surface area (TPSA) is 95.6 Å². The molecular formula is C21H16N6O. The molecule has 0 unspecified atom stereocenters. The summed E-state index contributed by atoms with van der Waals surface area (Å²) >= 11 is 0. The molecule has 3 N–H and O–H groups in total. The van der Waals surface area contributed by atoms with E-state index >= 15 is 0 Å². The molecule has 5 aromatic rings. The third-order valence-corrected chi connectivity index (χ3v) is 4.60. The van der Waals surface area contributed by atoms with Gasteiger partial charge in [-0.3, -0.25) is 14.8 Å². The highest BCUT2D eigenvalue weighted by molar-refractivity contribution is 6.20. The van der Waals surface area contributed by atoms with Crippen LogP contribution in [0.25, 0.3) is 32.7 Å². The molecule has 0 spiro atoms. The number of aromatic nitrogens is 4. The fraction of sp³-hybridized carbons (Fsp3) is 0.0476. The number of nitrogens with one attached hydrogen (secondary N) is 3. The highest BCUT2D eigenvalue weighted by atomic mass is 16.1. The van der Waals surface area contributed by atoms with Crippen molar-refractivity contribution in [2.24, 2.45) is 0 Å². The fourth-order valence-corrected chi connectivity index (χ4v) is 3.47. The van der Waals surface area contributed by atoms with E-state index in [-0.39, 0.29) is 5.91 Å². The number of pyridine rings is 3. The van der Waals surface area contributed by atoms with Gasteiger partial charge in [-0.1, -0.05) is 6.07 Å². The summed E-state index contributed by atoms with van der Waals surface area (Å²) in [4.78, 5) is 27.9. The summed E-state index contributed by atoms with van der Waals surface area (Å²) in [5, 5.41) is 10.2. The van der Waals surface area contributed by atoms with E-state index in [9.17, 15) is 4.79 Å². The van der Waals surface area contributed by atoms with Crippen molar-refractivity contribution in [3.8, 4) is 0 Å². The van der Waals surface area contributed by atoms with Crippen LogP contribution in [0.4, 0.5) is 17.2 Å². The van der Waals surface area contributed by atoms with Crippen LogP contribution in [0, 0.1) is 0 Å². The molecule has 0 radical (unpaired) electrons. The van der Waals surface area contributed by atoms with E-state index in [0.717, 1.165) is 44.1 Å². The standard InChI is InChI=1S/C21H16N6O/c1-12(28)24-13-3-2-4-14(9-13)25-20-17-10-22-7-5-15(17)19-16-6-8-23-11-18(16)26-21(19)27-20/h2-11H,1H3,(H,24,28)(H2,25,26,27). The molecule has 1 aromatic carbocycles. The first-order valence-corrected chi connectivity index (χ1v) is 8.83. The normalized spacial score (nSPS) is 11.2. The molecule has 28 heavy (non-hydrogen) atoms. The van der Waals surface area contributed by atoms with Crippen molar-refractivity contribution in [2.75, 3.05) is 10.6 Å². The molecule has 0 aliphatic rings. The Kier molecular flexibility index (Phi) is 3.65. The lowest BCUT2D eigenvalue weighted by atomic mass is 10.1. The van der Waals surface area contributed by atoms with Crippen LogP contribution in [0.15, 0.2) is 61.2 Å². The van der Waals surface area contributed by atoms with Crippen LogP contribution in [0.3, 0.4) is 0 Å². The molecule has 0 fully saturated rings. The molecule has 7 nitrogen and oxygen atoms in total. The predicted molar refractivity (Wildman–Crippen MR) is 111 cm³/mol. The van der Waals surface area contributed by atoms with Crippen molar-refractivity contribution in [1.82, 2.24) is 19.9 Å². The number of fused-ring (bicyclic) bond motifs is 5. The average molecular weight is 368 g/mol. The van der Waals surface area contributed by atoms with Crippen molar-refractivity contribution in [3.05, 3.63) is 61.2 Å². The molecule has 7 heteroatoms. The van der Waals surface area contributed by atoms with Crippen LogP contribution < -0.4 is 10.6 Å². The third kappa shape index (κ3) is 2.69. The molecule has 0 aliphatic carbocycles. The molecule has 4 heterocycles. The zero-order chi connectivity index (χ0) is 19.1. The fourth-order valence-electron chi connectivity index (χ4n) is 3.47. The second kappa shape index (κ2) is 6.31. The van der Waals surface area contributed by atoms with E-state index in [1.807, 2.05) is 42.6 Å². The Morgan fingerprint density at radius 2 is 1.75 bits per heavy atom. The first-order valence-electron chi connectivity index (χ1n) is 8.83. The molecule has 0 saturated heterocycles. The summed E-state index contributed by atoms with van der Waals surface area (Å²) in [6.45, 7) is 1.49. The van der Waals surface area contributed by atoms with E-state index in [1.54, 1.807) is 18.6 Å². The van der Waals surface area contributed by atoms with Crippen LogP contribution in [0.1, 0.15) is 6.92 Å². The number of benzene rings is 1. The SMILES string of the molecule is CC(=O)Nc1cccc(Nc2nc3[nH]c4cnccc4c3c3ccncc23)c1. The maximum Gasteiger partial charge on any atom is 0.221 e. The molecule has 0 aliphatic heterocycles. The monoisotopic (exact) mass is 368 g/mol. The van der Waals surface area contributed by atoms with Crippen molar-refractivity contribution in [2.45, 2.75) is 6.92 Å². The van der Waals surface area contributed by atoms with Gasteiger partial charge in [0.2, 0.25) is 5.91 Å². The number of anilines is 3. The van der Waals surface area contributed by atoms with Gasteiger partial charge in [0.15, 0.2) is 0 Å². The zero-order valence-electron chi connectivity index (χ0n) is 15.0. The minimum atomic E-state index is -0.113. The predicted octanol–water partition coefficient (Wildman–Crippen LogP) is 4.36. The zero-order valence-corrected chi connectivity index (χ0v) is 15.0. The van der Waals surface area contributed by atoms with E-state index < -0.39 is 0 Å². The Morgan fingerprint density at radius 3 is 2.61 bits per heavy atom.